The Bertz CT molecular complexity index is 1930. The number of hydrogen-bond acceptors (Lipinski definition) is 14. The number of morpholine rings is 1. The van der Waals surface area contributed by atoms with Crippen molar-refractivity contribution < 1.29 is 38.1 Å². The first-order valence-corrected chi connectivity index (χ1v) is 17.8. The minimum Gasteiger partial charge on any atom is -0.494 e. The SMILES string of the molecule is CCc1nc(C)sc1C(=O)Nc1nc2cc(C(=O)OC)cc(OC)c2n1C/C=C/CNc1c(N)cc(C(=O)OC)cc1OCCCN1CCOCC1. The summed E-state index contributed by atoms with van der Waals surface area (Å²) in [5, 5.41) is 7.05. The topological polar surface area (TPSA) is 181 Å². The van der Waals surface area contributed by atoms with Crippen LogP contribution < -0.4 is 25.8 Å². The molecule has 4 N–H and O–H groups in total. The molecule has 1 amide bonds. The third kappa shape index (κ3) is 8.99. The van der Waals surface area contributed by atoms with Gasteiger partial charge in [-0.2, -0.15) is 0 Å². The van der Waals surface area contributed by atoms with Gasteiger partial charge in [0.2, 0.25) is 5.95 Å². The summed E-state index contributed by atoms with van der Waals surface area (Å²) in [5.41, 5.74) is 9.55. The van der Waals surface area contributed by atoms with Crippen LogP contribution in [0.2, 0.25) is 0 Å². The van der Waals surface area contributed by atoms with Gasteiger partial charge in [-0.05, 0) is 44.0 Å². The Balaban J connectivity index is 1.36. The number of carbonyl (C=O) groups is 3. The number of allylic oxidation sites excluding steroid dienone is 1. The van der Waals surface area contributed by atoms with Crippen LogP contribution in [0.1, 0.15) is 54.4 Å². The highest BCUT2D eigenvalue weighted by atomic mass is 32.1. The lowest BCUT2D eigenvalue weighted by atomic mass is 10.1. The molecule has 3 heterocycles. The molecule has 1 aliphatic rings. The molecule has 5 rings (SSSR count). The number of aromatic nitrogens is 3. The number of rotatable bonds is 16. The van der Waals surface area contributed by atoms with Gasteiger partial charge in [-0.25, -0.2) is 19.6 Å². The molecule has 0 bridgehead atoms. The van der Waals surface area contributed by atoms with Crippen LogP contribution in [0.4, 0.5) is 17.3 Å². The average Bonchev–Trinajstić information content (AvgIpc) is 3.72. The van der Waals surface area contributed by atoms with E-state index < -0.39 is 11.9 Å². The Hall–Kier alpha value is -5.19. The van der Waals surface area contributed by atoms with Crippen molar-refractivity contribution >= 4 is 57.5 Å². The molecule has 4 aromatic rings. The summed E-state index contributed by atoms with van der Waals surface area (Å²) >= 11 is 1.32. The van der Waals surface area contributed by atoms with Crippen LogP contribution in [0, 0.1) is 6.92 Å². The lowest BCUT2D eigenvalue weighted by Crippen LogP contribution is -2.37. The maximum absolute atomic E-state index is 13.5. The van der Waals surface area contributed by atoms with Gasteiger partial charge in [-0.3, -0.25) is 15.0 Å². The Morgan fingerprint density at radius 2 is 1.71 bits per heavy atom. The smallest absolute Gasteiger partial charge is 0.338 e. The highest BCUT2D eigenvalue weighted by Gasteiger charge is 2.23. The summed E-state index contributed by atoms with van der Waals surface area (Å²) in [5.74, 6) is -0.302. The highest BCUT2D eigenvalue weighted by molar-refractivity contribution is 7.13. The molecule has 52 heavy (non-hydrogen) atoms. The number of amides is 1. The number of nitrogens with zero attached hydrogens (tertiary/aromatic N) is 4. The van der Waals surface area contributed by atoms with Crippen LogP contribution in [-0.4, -0.2) is 105 Å². The predicted molar refractivity (Wildman–Crippen MR) is 199 cm³/mol. The molecule has 2 aromatic carbocycles. The molecule has 16 heteroatoms. The van der Waals surface area contributed by atoms with E-state index in [0.29, 0.717) is 64.1 Å². The average molecular weight is 736 g/mol. The maximum atomic E-state index is 13.5. The van der Waals surface area contributed by atoms with Gasteiger partial charge in [0.1, 0.15) is 27.6 Å². The number of aryl methyl sites for hydroxylation is 2. The summed E-state index contributed by atoms with van der Waals surface area (Å²) in [4.78, 5) is 50.2. The molecular formula is C36H45N7O8S. The normalized spacial score (nSPS) is 13.3. The number of anilines is 3. The summed E-state index contributed by atoms with van der Waals surface area (Å²) in [6, 6.07) is 6.35. The van der Waals surface area contributed by atoms with E-state index in [9.17, 15) is 14.4 Å². The zero-order chi connectivity index (χ0) is 37.2. The molecule has 0 saturated carbocycles. The summed E-state index contributed by atoms with van der Waals surface area (Å²) < 4.78 is 28.9. The molecule has 278 valence electrons. The van der Waals surface area contributed by atoms with Crippen LogP contribution in [0.5, 0.6) is 11.5 Å². The molecule has 0 atom stereocenters. The minimum absolute atomic E-state index is 0.260. The fourth-order valence-corrected chi connectivity index (χ4v) is 6.74. The van der Waals surface area contributed by atoms with Crippen molar-refractivity contribution in [2.24, 2.45) is 0 Å². The number of methoxy groups -OCH3 is 3. The number of benzene rings is 2. The van der Waals surface area contributed by atoms with Gasteiger partial charge in [-0.1, -0.05) is 19.1 Å². The number of imidazole rings is 1. The van der Waals surface area contributed by atoms with E-state index in [-0.39, 0.29) is 29.5 Å². The molecule has 0 aliphatic carbocycles. The van der Waals surface area contributed by atoms with Gasteiger partial charge < -0.3 is 39.3 Å². The Morgan fingerprint density at radius 1 is 1.00 bits per heavy atom. The molecule has 1 saturated heterocycles. The van der Waals surface area contributed by atoms with E-state index in [1.807, 2.05) is 26.0 Å². The monoisotopic (exact) mass is 735 g/mol. The second kappa shape index (κ2) is 17.8. The summed E-state index contributed by atoms with van der Waals surface area (Å²) in [6.45, 7) is 8.96. The molecular weight excluding hydrogens is 691 g/mol. The van der Waals surface area contributed by atoms with Crippen molar-refractivity contribution in [3.05, 3.63) is 63.1 Å². The van der Waals surface area contributed by atoms with Gasteiger partial charge in [0, 0.05) is 32.7 Å². The zero-order valence-electron chi connectivity index (χ0n) is 30.1. The molecule has 1 fully saturated rings. The number of fused-ring (bicyclic) bond motifs is 1. The van der Waals surface area contributed by atoms with Crippen LogP contribution in [0.15, 0.2) is 36.4 Å². The van der Waals surface area contributed by atoms with E-state index >= 15 is 0 Å². The first-order valence-electron chi connectivity index (χ1n) is 16.9. The van der Waals surface area contributed by atoms with E-state index in [1.165, 1.54) is 32.7 Å². The van der Waals surface area contributed by atoms with Crippen molar-refractivity contribution in [2.75, 3.05) is 83.7 Å². The van der Waals surface area contributed by atoms with Gasteiger partial charge >= 0.3 is 11.9 Å². The quantitative estimate of drug-likeness (QED) is 0.0632. The van der Waals surface area contributed by atoms with Crippen molar-refractivity contribution in [1.82, 2.24) is 19.4 Å². The number of nitrogens with one attached hydrogen (secondary N) is 2. The van der Waals surface area contributed by atoms with Crippen LogP contribution in [-0.2, 0) is 27.2 Å². The maximum Gasteiger partial charge on any atom is 0.338 e. The number of nitrogens with two attached hydrogens (primary N) is 1. The Kier molecular flexibility index (Phi) is 13.1. The number of carbonyl (C=O) groups excluding carboxylic acids is 3. The van der Waals surface area contributed by atoms with Gasteiger partial charge in [0.05, 0.1) is 74.2 Å². The molecule has 0 unspecified atom stereocenters. The minimum atomic E-state index is -0.543. The van der Waals surface area contributed by atoms with E-state index in [1.54, 1.807) is 28.8 Å². The number of hydrogen-bond donors (Lipinski definition) is 3. The molecule has 1 aliphatic heterocycles. The third-order valence-corrected chi connectivity index (χ3v) is 9.42. The van der Waals surface area contributed by atoms with Crippen molar-refractivity contribution in [1.29, 1.82) is 0 Å². The lowest BCUT2D eigenvalue weighted by molar-refractivity contribution is 0.0358. The second-order valence-electron chi connectivity index (χ2n) is 11.8. The highest BCUT2D eigenvalue weighted by Crippen LogP contribution is 2.34. The molecule has 0 radical (unpaired) electrons. The fraction of sp³-hybridized carbons (Fsp3) is 0.417. The summed E-state index contributed by atoms with van der Waals surface area (Å²) in [6.07, 6.45) is 5.18. The van der Waals surface area contributed by atoms with Crippen molar-refractivity contribution in [2.45, 2.75) is 33.2 Å². The van der Waals surface area contributed by atoms with Crippen LogP contribution in [0.3, 0.4) is 0 Å². The first-order chi connectivity index (χ1) is 25.2. The number of nitrogen functional groups attached to an aromatic ring is 1. The van der Waals surface area contributed by atoms with Gasteiger partial charge in [-0.15, -0.1) is 11.3 Å². The predicted octanol–water partition coefficient (Wildman–Crippen LogP) is 4.55. The van der Waals surface area contributed by atoms with Crippen molar-refractivity contribution in [3.63, 3.8) is 0 Å². The van der Waals surface area contributed by atoms with Crippen molar-refractivity contribution in [3.8, 4) is 11.5 Å². The standard InChI is InChI=1S/C36H45N7O8S/c1-6-26-32(52-22(2)39-26)33(44)41-36-40-27-19-24(35(46)49-5)21-29(47-3)31(27)43(36)12-8-7-10-38-30-25(37)18-23(34(45)48-4)20-28(30)51-15-9-11-42-13-16-50-17-14-42/h7-8,18-21,38H,6,9-17,37H2,1-5H3,(H,40,41,44)/b8-7+. The van der Waals surface area contributed by atoms with Crippen LogP contribution in [0.25, 0.3) is 11.0 Å². The third-order valence-electron chi connectivity index (χ3n) is 8.40. The first kappa shape index (κ1) is 38.1. The van der Waals surface area contributed by atoms with E-state index in [2.05, 4.69) is 25.5 Å². The number of esters is 2. The largest absolute Gasteiger partial charge is 0.494 e. The number of ether oxygens (including phenoxy) is 5. The molecule has 0 spiro atoms. The number of thiazole rings is 1. The van der Waals surface area contributed by atoms with E-state index in [4.69, 9.17) is 29.4 Å². The summed E-state index contributed by atoms with van der Waals surface area (Å²) in [7, 11) is 4.11. The molecule has 15 nitrogen and oxygen atoms in total. The lowest BCUT2D eigenvalue weighted by Gasteiger charge is -2.26. The Labute approximate surface area is 306 Å². The molecule has 2 aromatic heterocycles. The van der Waals surface area contributed by atoms with Gasteiger partial charge in [0.25, 0.3) is 5.91 Å². The second-order valence-corrected chi connectivity index (χ2v) is 13.0. The zero-order valence-corrected chi connectivity index (χ0v) is 30.9. The fourth-order valence-electron chi connectivity index (χ4n) is 5.84. The van der Waals surface area contributed by atoms with Crippen LogP contribution >= 0.6 is 11.3 Å². The Morgan fingerprint density at radius 3 is 2.40 bits per heavy atom. The van der Waals surface area contributed by atoms with Gasteiger partial charge in [0.15, 0.2) is 0 Å². The van der Waals surface area contributed by atoms with E-state index in [0.717, 1.165) is 44.3 Å².